The van der Waals surface area contributed by atoms with Gasteiger partial charge in [-0.05, 0) is 31.0 Å². The van der Waals surface area contributed by atoms with Crippen molar-refractivity contribution >= 4 is 0 Å². The standard InChI is InChI=1S/C19H21NO/c1-15-11-13-16(14-12-15)7-5-6-10-18(20)19(21)17-8-3-2-4-9-17/h2-4,8-9,11-14,18-19,21H,6,10,20H2,1H3/t18?,19-/m1/s1. The first-order chi connectivity index (χ1) is 10.2. The second kappa shape index (κ2) is 7.64. The molecule has 2 aromatic rings. The maximum Gasteiger partial charge on any atom is 0.0941 e. The Morgan fingerprint density at radius 3 is 2.38 bits per heavy atom. The van der Waals surface area contributed by atoms with Gasteiger partial charge in [-0.2, -0.15) is 0 Å². The number of benzene rings is 2. The molecule has 2 rings (SSSR count). The second-order valence-corrected chi connectivity index (χ2v) is 5.23. The molecule has 0 aromatic heterocycles. The van der Waals surface area contributed by atoms with Crippen LogP contribution < -0.4 is 5.73 Å². The lowest BCUT2D eigenvalue weighted by Crippen LogP contribution is -2.28. The van der Waals surface area contributed by atoms with Crippen LogP contribution >= 0.6 is 0 Å². The van der Waals surface area contributed by atoms with Crippen LogP contribution in [0, 0.1) is 18.8 Å². The number of hydrogen-bond acceptors (Lipinski definition) is 2. The molecule has 108 valence electrons. The maximum atomic E-state index is 10.2. The predicted molar refractivity (Wildman–Crippen MR) is 86.7 cm³/mol. The summed E-state index contributed by atoms with van der Waals surface area (Å²) < 4.78 is 0. The third kappa shape index (κ3) is 4.75. The Labute approximate surface area is 126 Å². The van der Waals surface area contributed by atoms with Crippen LogP contribution in [0.2, 0.25) is 0 Å². The predicted octanol–water partition coefficient (Wildman–Crippen LogP) is 3.19. The topological polar surface area (TPSA) is 46.2 Å². The largest absolute Gasteiger partial charge is 0.387 e. The first kappa shape index (κ1) is 15.3. The van der Waals surface area contributed by atoms with Crippen molar-refractivity contribution in [3.63, 3.8) is 0 Å². The minimum absolute atomic E-state index is 0.292. The molecule has 1 unspecified atom stereocenters. The van der Waals surface area contributed by atoms with Gasteiger partial charge in [-0.1, -0.05) is 59.9 Å². The summed E-state index contributed by atoms with van der Waals surface area (Å²) in [6.07, 6.45) is 0.723. The molecule has 2 nitrogen and oxygen atoms in total. The van der Waals surface area contributed by atoms with Gasteiger partial charge in [-0.3, -0.25) is 0 Å². The zero-order chi connectivity index (χ0) is 15.1. The van der Waals surface area contributed by atoms with Crippen molar-refractivity contribution in [2.45, 2.75) is 31.9 Å². The third-order valence-electron chi connectivity index (χ3n) is 3.43. The van der Waals surface area contributed by atoms with Gasteiger partial charge in [0.25, 0.3) is 0 Å². The summed E-state index contributed by atoms with van der Waals surface area (Å²) in [6, 6.07) is 17.4. The lowest BCUT2D eigenvalue weighted by atomic mass is 9.99. The van der Waals surface area contributed by atoms with E-state index >= 15 is 0 Å². The summed E-state index contributed by atoms with van der Waals surface area (Å²) in [6.45, 7) is 2.06. The van der Waals surface area contributed by atoms with Crippen molar-refractivity contribution in [3.05, 3.63) is 71.3 Å². The van der Waals surface area contributed by atoms with Crippen LogP contribution in [0.1, 0.15) is 35.6 Å². The van der Waals surface area contributed by atoms with Crippen LogP contribution in [-0.2, 0) is 0 Å². The van der Waals surface area contributed by atoms with Gasteiger partial charge in [0.05, 0.1) is 6.10 Å². The highest BCUT2D eigenvalue weighted by Gasteiger charge is 2.15. The normalized spacial score (nSPS) is 13.1. The van der Waals surface area contributed by atoms with Crippen LogP contribution in [0.4, 0.5) is 0 Å². The zero-order valence-electron chi connectivity index (χ0n) is 12.3. The number of aliphatic hydroxyl groups is 1. The average Bonchev–Trinajstić information content (AvgIpc) is 2.53. The third-order valence-corrected chi connectivity index (χ3v) is 3.43. The van der Waals surface area contributed by atoms with Gasteiger partial charge in [0.2, 0.25) is 0 Å². The first-order valence-electron chi connectivity index (χ1n) is 7.21. The highest BCUT2D eigenvalue weighted by atomic mass is 16.3. The molecule has 0 radical (unpaired) electrons. The van der Waals surface area contributed by atoms with Crippen molar-refractivity contribution in [1.29, 1.82) is 0 Å². The Hall–Kier alpha value is -2.08. The van der Waals surface area contributed by atoms with Crippen LogP contribution in [0.15, 0.2) is 54.6 Å². The molecule has 0 amide bonds. The Kier molecular flexibility index (Phi) is 5.57. The van der Waals surface area contributed by atoms with Gasteiger partial charge in [0.15, 0.2) is 0 Å². The minimum Gasteiger partial charge on any atom is -0.387 e. The fourth-order valence-electron chi connectivity index (χ4n) is 2.10. The lowest BCUT2D eigenvalue weighted by molar-refractivity contribution is 0.143. The molecule has 21 heavy (non-hydrogen) atoms. The van der Waals surface area contributed by atoms with E-state index in [9.17, 15) is 5.11 Å². The SMILES string of the molecule is Cc1ccc(C#CCCC(N)[C@H](O)c2ccccc2)cc1. The minimum atomic E-state index is -0.632. The molecule has 0 aliphatic heterocycles. The Balaban J connectivity index is 1.84. The fourth-order valence-corrected chi connectivity index (χ4v) is 2.10. The highest BCUT2D eigenvalue weighted by molar-refractivity contribution is 5.35. The van der Waals surface area contributed by atoms with E-state index in [1.54, 1.807) is 0 Å². The summed E-state index contributed by atoms with van der Waals surface area (Å²) in [4.78, 5) is 0. The second-order valence-electron chi connectivity index (χ2n) is 5.23. The number of rotatable bonds is 4. The van der Waals surface area contributed by atoms with E-state index in [2.05, 4.69) is 30.9 Å². The molecular weight excluding hydrogens is 258 g/mol. The molecule has 0 aliphatic rings. The molecule has 2 atom stereocenters. The van der Waals surface area contributed by atoms with Gasteiger partial charge in [-0.15, -0.1) is 0 Å². The molecular formula is C19H21NO. The van der Waals surface area contributed by atoms with Gasteiger partial charge in [0, 0.05) is 18.0 Å². The maximum absolute atomic E-state index is 10.2. The van der Waals surface area contributed by atoms with Gasteiger partial charge < -0.3 is 10.8 Å². The number of nitrogens with two attached hydrogens (primary N) is 1. The average molecular weight is 279 g/mol. The Bertz CT molecular complexity index is 608. The van der Waals surface area contributed by atoms with E-state index in [4.69, 9.17) is 5.73 Å². The molecule has 2 heteroatoms. The fraction of sp³-hybridized carbons (Fsp3) is 0.263. The van der Waals surface area contributed by atoms with Crippen molar-refractivity contribution in [2.24, 2.45) is 5.73 Å². The molecule has 0 spiro atoms. The first-order valence-corrected chi connectivity index (χ1v) is 7.21. The molecule has 2 aromatic carbocycles. The van der Waals surface area contributed by atoms with E-state index in [0.29, 0.717) is 12.8 Å². The van der Waals surface area contributed by atoms with Crippen molar-refractivity contribution in [3.8, 4) is 11.8 Å². The molecule has 0 saturated carbocycles. The molecule has 0 heterocycles. The number of aryl methyl sites for hydroxylation is 1. The summed E-state index contributed by atoms with van der Waals surface area (Å²) in [5.41, 5.74) is 9.13. The molecule has 3 N–H and O–H groups in total. The van der Waals surface area contributed by atoms with Gasteiger partial charge in [-0.25, -0.2) is 0 Å². The number of hydrogen-bond donors (Lipinski definition) is 2. The van der Waals surface area contributed by atoms with Gasteiger partial charge in [0.1, 0.15) is 0 Å². The highest BCUT2D eigenvalue weighted by Crippen LogP contribution is 2.17. The van der Waals surface area contributed by atoms with E-state index < -0.39 is 6.10 Å². The summed E-state index contributed by atoms with van der Waals surface area (Å²) in [7, 11) is 0. The smallest absolute Gasteiger partial charge is 0.0941 e. The van der Waals surface area contributed by atoms with Crippen LogP contribution in [0.5, 0.6) is 0 Å². The van der Waals surface area contributed by atoms with E-state index in [0.717, 1.165) is 11.1 Å². The number of aliphatic hydroxyl groups excluding tert-OH is 1. The lowest BCUT2D eigenvalue weighted by Gasteiger charge is -2.18. The van der Waals surface area contributed by atoms with Crippen LogP contribution in [-0.4, -0.2) is 11.1 Å². The van der Waals surface area contributed by atoms with E-state index in [-0.39, 0.29) is 6.04 Å². The van der Waals surface area contributed by atoms with Crippen molar-refractivity contribution in [2.75, 3.05) is 0 Å². The van der Waals surface area contributed by atoms with Crippen molar-refractivity contribution < 1.29 is 5.11 Å². The molecule has 0 aliphatic carbocycles. The van der Waals surface area contributed by atoms with E-state index in [1.807, 2.05) is 42.5 Å². The van der Waals surface area contributed by atoms with Crippen LogP contribution in [0.3, 0.4) is 0 Å². The van der Waals surface area contributed by atoms with Crippen molar-refractivity contribution in [1.82, 2.24) is 0 Å². The molecule has 0 bridgehead atoms. The van der Waals surface area contributed by atoms with Crippen LogP contribution in [0.25, 0.3) is 0 Å². The summed E-state index contributed by atoms with van der Waals surface area (Å²) in [5.74, 6) is 6.24. The Morgan fingerprint density at radius 2 is 1.71 bits per heavy atom. The molecule has 0 saturated heterocycles. The Morgan fingerprint density at radius 1 is 1.05 bits per heavy atom. The van der Waals surface area contributed by atoms with E-state index in [1.165, 1.54) is 5.56 Å². The summed E-state index contributed by atoms with van der Waals surface area (Å²) in [5, 5.41) is 10.2. The zero-order valence-corrected chi connectivity index (χ0v) is 12.3. The molecule has 0 fully saturated rings. The summed E-state index contributed by atoms with van der Waals surface area (Å²) >= 11 is 0. The van der Waals surface area contributed by atoms with Gasteiger partial charge >= 0.3 is 0 Å². The monoisotopic (exact) mass is 279 g/mol. The quantitative estimate of drug-likeness (QED) is 0.844.